The van der Waals surface area contributed by atoms with Crippen molar-refractivity contribution in [2.75, 3.05) is 5.73 Å². The number of nitrogens with zero attached hydrogens (tertiary/aromatic N) is 3. The van der Waals surface area contributed by atoms with Gasteiger partial charge in [0.05, 0.1) is 15.6 Å². The van der Waals surface area contributed by atoms with E-state index in [4.69, 9.17) is 10.7 Å². The Bertz CT molecular complexity index is 527. The van der Waals surface area contributed by atoms with Crippen molar-refractivity contribution in [2.24, 2.45) is 0 Å². The third kappa shape index (κ3) is 2.19. The molecule has 2 heterocycles. The van der Waals surface area contributed by atoms with Crippen LogP contribution in [0.1, 0.15) is 42.8 Å². The summed E-state index contributed by atoms with van der Waals surface area (Å²) in [4.78, 5) is 5.96. The number of hydrogen-bond donors (Lipinski definition) is 1. The lowest BCUT2D eigenvalue weighted by atomic mass is 10.2. The zero-order valence-electron chi connectivity index (χ0n) is 9.64. The van der Waals surface area contributed by atoms with Crippen LogP contribution >= 0.6 is 22.7 Å². The van der Waals surface area contributed by atoms with Gasteiger partial charge in [0.2, 0.25) is 5.13 Å². The molecular weight excluding hydrogens is 252 g/mol. The monoisotopic (exact) mass is 266 g/mol. The zero-order chi connectivity index (χ0) is 11.8. The topological polar surface area (TPSA) is 64.7 Å². The highest BCUT2D eigenvalue weighted by Crippen LogP contribution is 2.46. The smallest absolute Gasteiger partial charge is 0.203 e. The highest BCUT2D eigenvalue weighted by Gasteiger charge is 2.31. The van der Waals surface area contributed by atoms with E-state index in [1.165, 1.54) is 39.8 Å². The molecule has 0 amide bonds. The predicted molar refractivity (Wildman–Crippen MR) is 71.4 cm³/mol. The van der Waals surface area contributed by atoms with Gasteiger partial charge in [-0.1, -0.05) is 18.3 Å². The Morgan fingerprint density at radius 2 is 2.12 bits per heavy atom. The van der Waals surface area contributed by atoms with Crippen molar-refractivity contribution in [3.8, 4) is 9.88 Å². The van der Waals surface area contributed by atoms with E-state index in [9.17, 15) is 0 Å². The Kier molecular flexibility index (Phi) is 2.84. The summed E-state index contributed by atoms with van der Waals surface area (Å²) in [5.74, 6) is 0.650. The quantitative estimate of drug-likeness (QED) is 0.923. The predicted octanol–water partition coefficient (Wildman–Crippen LogP) is 3.07. The third-order valence-corrected chi connectivity index (χ3v) is 4.80. The van der Waals surface area contributed by atoms with Crippen LogP contribution in [0, 0.1) is 0 Å². The van der Waals surface area contributed by atoms with E-state index in [2.05, 4.69) is 17.1 Å². The lowest BCUT2D eigenvalue weighted by molar-refractivity contribution is 0.892. The maximum Gasteiger partial charge on any atom is 0.203 e. The average Bonchev–Trinajstić information content (AvgIpc) is 2.93. The van der Waals surface area contributed by atoms with Gasteiger partial charge < -0.3 is 5.73 Å². The largest absolute Gasteiger partial charge is 0.374 e. The van der Waals surface area contributed by atoms with Crippen LogP contribution in [0.2, 0.25) is 0 Å². The molecule has 3 rings (SSSR count). The molecular formula is C11H14N4S2. The Balaban J connectivity index is 2.01. The van der Waals surface area contributed by atoms with Crippen molar-refractivity contribution in [1.82, 2.24) is 15.2 Å². The van der Waals surface area contributed by atoms with Gasteiger partial charge in [-0.2, -0.15) is 0 Å². The molecule has 1 aliphatic carbocycles. The summed E-state index contributed by atoms with van der Waals surface area (Å²) >= 11 is 3.22. The summed E-state index contributed by atoms with van der Waals surface area (Å²) in [6, 6.07) is 0. The Labute approximate surface area is 108 Å². The molecule has 0 saturated heterocycles. The minimum absolute atomic E-state index is 0.534. The fourth-order valence-electron chi connectivity index (χ4n) is 1.81. The van der Waals surface area contributed by atoms with Crippen LogP contribution in [-0.4, -0.2) is 15.2 Å². The molecule has 0 atom stereocenters. The average molecular weight is 266 g/mol. The van der Waals surface area contributed by atoms with Crippen LogP contribution in [0.3, 0.4) is 0 Å². The van der Waals surface area contributed by atoms with E-state index in [0.29, 0.717) is 11.0 Å². The molecule has 2 aromatic heterocycles. The molecule has 17 heavy (non-hydrogen) atoms. The second kappa shape index (κ2) is 4.34. The van der Waals surface area contributed by atoms with Crippen molar-refractivity contribution in [2.45, 2.75) is 38.5 Å². The van der Waals surface area contributed by atoms with Crippen molar-refractivity contribution < 1.29 is 0 Å². The molecule has 6 heteroatoms. The van der Waals surface area contributed by atoms with Gasteiger partial charge in [-0.15, -0.1) is 21.5 Å². The Hall–Kier alpha value is -1.01. The second-order valence-electron chi connectivity index (χ2n) is 4.29. The lowest BCUT2D eigenvalue weighted by Crippen LogP contribution is -1.85. The van der Waals surface area contributed by atoms with Crippen LogP contribution in [0.25, 0.3) is 9.88 Å². The molecule has 1 saturated carbocycles. The second-order valence-corrected chi connectivity index (χ2v) is 6.38. The van der Waals surface area contributed by atoms with Crippen molar-refractivity contribution in [3.63, 3.8) is 0 Å². The third-order valence-electron chi connectivity index (χ3n) is 2.76. The number of aryl methyl sites for hydroxylation is 1. The molecule has 0 spiro atoms. The van der Waals surface area contributed by atoms with Gasteiger partial charge in [0.25, 0.3) is 0 Å². The highest BCUT2D eigenvalue weighted by atomic mass is 32.1. The first-order valence-corrected chi connectivity index (χ1v) is 7.50. The van der Waals surface area contributed by atoms with Crippen molar-refractivity contribution in [1.29, 1.82) is 0 Å². The molecule has 1 fully saturated rings. The first-order valence-electron chi connectivity index (χ1n) is 5.87. The number of rotatable bonds is 4. The van der Waals surface area contributed by atoms with Gasteiger partial charge in [0, 0.05) is 5.92 Å². The summed E-state index contributed by atoms with van der Waals surface area (Å²) < 4.78 is 0. The normalized spacial score (nSPS) is 15.4. The lowest BCUT2D eigenvalue weighted by Gasteiger charge is -1.93. The number of hydrogen-bond acceptors (Lipinski definition) is 6. The van der Waals surface area contributed by atoms with Gasteiger partial charge in [-0.05, 0) is 25.7 Å². The molecule has 90 valence electrons. The molecule has 2 aromatic rings. The minimum atomic E-state index is 0.534. The van der Waals surface area contributed by atoms with Gasteiger partial charge in [-0.3, -0.25) is 0 Å². The summed E-state index contributed by atoms with van der Waals surface area (Å²) in [7, 11) is 0. The molecule has 0 aliphatic heterocycles. The fraction of sp³-hybridized carbons (Fsp3) is 0.545. The van der Waals surface area contributed by atoms with E-state index in [1.54, 1.807) is 11.3 Å². The number of nitrogen functional groups attached to an aromatic ring is 1. The van der Waals surface area contributed by atoms with E-state index < -0.39 is 0 Å². The van der Waals surface area contributed by atoms with E-state index in [0.717, 1.165) is 17.8 Å². The molecule has 2 N–H and O–H groups in total. The van der Waals surface area contributed by atoms with E-state index in [-0.39, 0.29) is 0 Å². The SMILES string of the molecule is CCCc1nc(C2CC2)c(-c2nnc(N)s2)s1. The minimum Gasteiger partial charge on any atom is -0.374 e. The zero-order valence-corrected chi connectivity index (χ0v) is 11.3. The Morgan fingerprint density at radius 3 is 2.71 bits per heavy atom. The Morgan fingerprint density at radius 1 is 1.29 bits per heavy atom. The summed E-state index contributed by atoms with van der Waals surface area (Å²) in [5.41, 5.74) is 6.88. The van der Waals surface area contributed by atoms with Crippen LogP contribution in [-0.2, 0) is 6.42 Å². The maximum atomic E-state index is 5.65. The van der Waals surface area contributed by atoms with Crippen LogP contribution in [0.4, 0.5) is 5.13 Å². The first kappa shape index (κ1) is 11.1. The van der Waals surface area contributed by atoms with E-state index in [1.807, 2.05) is 0 Å². The first-order chi connectivity index (χ1) is 8.28. The van der Waals surface area contributed by atoms with E-state index >= 15 is 0 Å². The molecule has 0 bridgehead atoms. The molecule has 4 nitrogen and oxygen atoms in total. The van der Waals surface area contributed by atoms with Gasteiger partial charge >= 0.3 is 0 Å². The number of nitrogens with two attached hydrogens (primary N) is 1. The molecule has 0 unspecified atom stereocenters. The molecule has 0 aromatic carbocycles. The molecule has 0 radical (unpaired) electrons. The number of aromatic nitrogens is 3. The van der Waals surface area contributed by atoms with Crippen LogP contribution in [0.5, 0.6) is 0 Å². The molecule has 1 aliphatic rings. The number of thiazole rings is 1. The number of anilines is 1. The van der Waals surface area contributed by atoms with Crippen LogP contribution < -0.4 is 5.73 Å². The summed E-state index contributed by atoms with van der Waals surface area (Å²) in [6.45, 7) is 2.18. The van der Waals surface area contributed by atoms with Crippen molar-refractivity contribution in [3.05, 3.63) is 10.7 Å². The summed E-state index contributed by atoms with van der Waals surface area (Å²) in [5, 5.41) is 10.7. The van der Waals surface area contributed by atoms with Gasteiger partial charge in [0.15, 0.2) is 5.01 Å². The maximum absolute atomic E-state index is 5.65. The summed E-state index contributed by atoms with van der Waals surface area (Å²) in [6.07, 6.45) is 4.71. The van der Waals surface area contributed by atoms with Gasteiger partial charge in [-0.25, -0.2) is 4.98 Å². The highest BCUT2D eigenvalue weighted by molar-refractivity contribution is 7.23. The van der Waals surface area contributed by atoms with Gasteiger partial charge in [0.1, 0.15) is 0 Å². The van der Waals surface area contributed by atoms with Crippen molar-refractivity contribution >= 4 is 27.8 Å². The fourth-order valence-corrected chi connectivity index (χ4v) is 3.75. The van der Waals surface area contributed by atoms with Crippen LogP contribution in [0.15, 0.2) is 0 Å². The standard InChI is InChI=1S/C11H14N4S2/c1-2-3-7-13-8(6-4-5-6)9(16-7)10-14-15-11(12)17-10/h6H,2-5H2,1H3,(H2,12,15).